The number of fused-ring (bicyclic) bond motifs is 1. The van der Waals surface area contributed by atoms with Crippen LogP contribution in [-0.4, -0.2) is 37.6 Å². The topological polar surface area (TPSA) is 15.3 Å². The Kier molecular flexibility index (Phi) is 4.19. The van der Waals surface area contributed by atoms with Crippen LogP contribution >= 0.6 is 0 Å². The second-order valence-corrected chi connectivity index (χ2v) is 6.21. The minimum absolute atomic E-state index is 0.754. The van der Waals surface area contributed by atoms with Crippen molar-refractivity contribution in [3.63, 3.8) is 0 Å². The Bertz CT molecular complexity index is 409. The van der Waals surface area contributed by atoms with Crippen LogP contribution < -0.4 is 5.32 Å². The molecule has 0 aromatic heterocycles. The van der Waals surface area contributed by atoms with E-state index in [0.29, 0.717) is 0 Å². The van der Waals surface area contributed by atoms with Gasteiger partial charge in [0.2, 0.25) is 0 Å². The van der Waals surface area contributed by atoms with Gasteiger partial charge in [-0.3, -0.25) is 0 Å². The maximum Gasteiger partial charge on any atom is 0.0117 e. The Morgan fingerprint density at radius 1 is 1.16 bits per heavy atom. The first-order valence-corrected chi connectivity index (χ1v) is 7.83. The summed E-state index contributed by atoms with van der Waals surface area (Å²) in [6.45, 7) is 3.62. The molecule has 1 fully saturated rings. The summed E-state index contributed by atoms with van der Waals surface area (Å²) in [7, 11) is 2.33. The average Bonchev–Trinajstić information content (AvgIpc) is 2.48. The molecule has 0 saturated carbocycles. The number of hydrogen-bond acceptors (Lipinski definition) is 2. The summed E-state index contributed by atoms with van der Waals surface area (Å²) in [5, 5.41) is 3.46. The average molecular weight is 258 g/mol. The Balaban J connectivity index is 1.66. The molecule has 2 aliphatic rings. The van der Waals surface area contributed by atoms with Crippen molar-refractivity contribution in [2.75, 3.05) is 26.7 Å². The van der Waals surface area contributed by atoms with Gasteiger partial charge in [0.15, 0.2) is 0 Å². The van der Waals surface area contributed by atoms with E-state index in [9.17, 15) is 0 Å². The number of hydrogen-bond donors (Lipinski definition) is 1. The normalized spacial score (nSPS) is 24.4. The van der Waals surface area contributed by atoms with Gasteiger partial charge in [-0.1, -0.05) is 24.3 Å². The zero-order valence-corrected chi connectivity index (χ0v) is 12.1. The van der Waals surface area contributed by atoms with E-state index in [1.807, 2.05) is 0 Å². The van der Waals surface area contributed by atoms with E-state index < -0.39 is 0 Å². The number of rotatable bonds is 3. The first-order chi connectivity index (χ1) is 9.34. The molecular weight excluding hydrogens is 232 g/mol. The predicted molar refractivity (Wildman–Crippen MR) is 80.6 cm³/mol. The molecule has 0 spiro atoms. The molecule has 0 amide bonds. The smallest absolute Gasteiger partial charge is 0.0117 e. The molecule has 19 heavy (non-hydrogen) atoms. The number of nitrogens with zero attached hydrogens (tertiary/aromatic N) is 1. The Labute approximate surface area is 117 Å². The monoisotopic (exact) mass is 258 g/mol. The number of benzene rings is 1. The molecule has 104 valence electrons. The zero-order valence-electron chi connectivity index (χ0n) is 12.1. The van der Waals surface area contributed by atoms with Crippen molar-refractivity contribution in [1.82, 2.24) is 10.2 Å². The lowest BCUT2D eigenvalue weighted by Crippen LogP contribution is -2.42. The Hall–Kier alpha value is -0.860. The summed E-state index contributed by atoms with van der Waals surface area (Å²) in [5.74, 6) is 0.754. The third-order valence-electron chi connectivity index (χ3n) is 4.93. The van der Waals surface area contributed by atoms with E-state index in [0.717, 1.165) is 12.0 Å². The summed E-state index contributed by atoms with van der Waals surface area (Å²) in [5.41, 5.74) is 3.21. The highest BCUT2D eigenvalue weighted by molar-refractivity contribution is 5.32. The van der Waals surface area contributed by atoms with Crippen molar-refractivity contribution in [3.05, 3.63) is 35.4 Å². The summed E-state index contributed by atoms with van der Waals surface area (Å²) < 4.78 is 0. The van der Waals surface area contributed by atoms with Crippen molar-refractivity contribution in [2.45, 2.75) is 44.1 Å². The van der Waals surface area contributed by atoms with E-state index in [4.69, 9.17) is 0 Å². The third kappa shape index (κ3) is 3.01. The molecule has 0 bridgehead atoms. The molecule has 0 radical (unpaired) electrons. The quantitative estimate of drug-likeness (QED) is 0.897. The molecule has 3 rings (SSSR count). The predicted octanol–water partition coefficient (Wildman–Crippen LogP) is 2.79. The van der Waals surface area contributed by atoms with Crippen LogP contribution in [0.2, 0.25) is 0 Å². The fourth-order valence-corrected chi connectivity index (χ4v) is 3.79. The highest BCUT2D eigenvalue weighted by atomic mass is 15.1. The molecule has 1 aliphatic carbocycles. The SMILES string of the molecule is CN(CC1CCCc2ccccc21)C1CCNCC1. The highest BCUT2D eigenvalue weighted by Gasteiger charge is 2.24. The van der Waals surface area contributed by atoms with Crippen molar-refractivity contribution >= 4 is 0 Å². The van der Waals surface area contributed by atoms with Crippen LogP contribution in [0.5, 0.6) is 0 Å². The van der Waals surface area contributed by atoms with Gasteiger partial charge < -0.3 is 10.2 Å². The van der Waals surface area contributed by atoms with Crippen LogP contribution in [0, 0.1) is 0 Å². The summed E-state index contributed by atoms with van der Waals surface area (Å²) >= 11 is 0. The van der Waals surface area contributed by atoms with Crippen molar-refractivity contribution in [1.29, 1.82) is 0 Å². The molecule has 1 unspecified atom stereocenters. The molecule has 1 aliphatic heterocycles. The minimum Gasteiger partial charge on any atom is -0.317 e. The number of likely N-dealkylation sites (N-methyl/N-ethyl adjacent to an activating group) is 1. The fraction of sp³-hybridized carbons (Fsp3) is 0.647. The van der Waals surface area contributed by atoms with Crippen LogP contribution in [0.1, 0.15) is 42.7 Å². The van der Waals surface area contributed by atoms with Gasteiger partial charge >= 0.3 is 0 Å². The Morgan fingerprint density at radius 3 is 2.79 bits per heavy atom. The fourth-order valence-electron chi connectivity index (χ4n) is 3.79. The van der Waals surface area contributed by atoms with Crippen molar-refractivity contribution in [3.8, 4) is 0 Å². The van der Waals surface area contributed by atoms with Gasteiger partial charge in [-0.25, -0.2) is 0 Å². The Morgan fingerprint density at radius 2 is 1.95 bits per heavy atom. The first kappa shape index (κ1) is 13.1. The highest BCUT2D eigenvalue weighted by Crippen LogP contribution is 2.32. The van der Waals surface area contributed by atoms with Gasteiger partial charge in [0.1, 0.15) is 0 Å². The molecule has 1 aromatic carbocycles. The van der Waals surface area contributed by atoms with Crippen LogP contribution in [0.25, 0.3) is 0 Å². The van der Waals surface area contributed by atoms with Crippen molar-refractivity contribution in [2.24, 2.45) is 0 Å². The van der Waals surface area contributed by atoms with E-state index in [1.54, 1.807) is 11.1 Å². The maximum atomic E-state index is 3.46. The molecule has 1 aromatic rings. The molecule has 1 saturated heterocycles. The van der Waals surface area contributed by atoms with Crippen molar-refractivity contribution < 1.29 is 0 Å². The molecular formula is C17H26N2. The number of aryl methyl sites for hydroxylation is 1. The first-order valence-electron chi connectivity index (χ1n) is 7.83. The number of piperidine rings is 1. The maximum absolute atomic E-state index is 3.46. The van der Waals surface area contributed by atoms with Gasteiger partial charge in [0, 0.05) is 12.6 Å². The van der Waals surface area contributed by atoms with E-state index in [1.165, 1.54) is 51.7 Å². The second-order valence-electron chi connectivity index (χ2n) is 6.21. The minimum atomic E-state index is 0.754. The molecule has 1 atom stereocenters. The van der Waals surface area contributed by atoms with Crippen LogP contribution in [0.15, 0.2) is 24.3 Å². The van der Waals surface area contributed by atoms with Gasteiger partial charge in [0.05, 0.1) is 0 Å². The summed E-state index contributed by atoms with van der Waals surface area (Å²) in [6.07, 6.45) is 6.63. The van der Waals surface area contributed by atoms with Gasteiger partial charge in [-0.2, -0.15) is 0 Å². The summed E-state index contributed by atoms with van der Waals surface area (Å²) in [4.78, 5) is 2.62. The van der Waals surface area contributed by atoms with E-state index in [2.05, 4.69) is 41.5 Å². The molecule has 1 heterocycles. The van der Waals surface area contributed by atoms with Crippen LogP contribution in [0.4, 0.5) is 0 Å². The lowest BCUT2D eigenvalue weighted by molar-refractivity contribution is 0.184. The lowest BCUT2D eigenvalue weighted by atomic mass is 9.82. The molecule has 2 nitrogen and oxygen atoms in total. The lowest BCUT2D eigenvalue weighted by Gasteiger charge is -2.36. The standard InChI is InChI=1S/C17H26N2/c1-19(16-9-11-18-12-10-16)13-15-7-4-6-14-5-2-3-8-17(14)15/h2-3,5,8,15-16,18H,4,6-7,9-13H2,1H3. The van der Waals surface area contributed by atoms with Crippen LogP contribution in [-0.2, 0) is 6.42 Å². The molecule has 2 heteroatoms. The largest absolute Gasteiger partial charge is 0.317 e. The summed E-state index contributed by atoms with van der Waals surface area (Å²) in [6, 6.07) is 9.87. The van der Waals surface area contributed by atoms with Crippen LogP contribution in [0.3, 0.4) is 0 Å². The molecule has 1 N–H and O–H groups in total. The zero-order chi connectivity index (χ0) is 13.1. The van der Waals surface area contributed by atoms with E-state index >= 15 is 0 Å². The van der Waals surface area contributed by atoms with E-state index in [-0.39, 0.29) is 0 Å². The number of nitrogens with one attached hydrogen (secondary N) is 1. The third-order valence-corrected chi connectivity index (χ3v) is 4.93. The van der Waals surface area contributed by atoms with Gasteiger partial charge in [0.25, 0.3) is 0 Å². The van der Waals surface area contributed by atoms with Gasteiger partial charge in [-0.05, 0) is 69.3 Å². The van der Waals surface area contributed by atoms with Gasteiger partial charge in [-0.15, -0.1) is 0 Å². The second kappa shape index (κ2) is 6.06.